The average molecular weight is 397 g/mol. The highest BCUT2D eigenvalue weighted by molar-refractivity contribution is 7.11. The second-order valence-electron chi connectivity index (χ2n) is 7.66. The molecule has 2 aliphatic heterocycles. The van der Waals surface area contributed by atoms with Gasteiger partial charge in [0.15, 0.2) is 10.7 Å². The second kappa shape index (κ2) is 7.16. The molecule has 3 aromatic heterocycles. The summed E-state index contributed by atoms with van der Waals surface area (Å²) in [6.45, 7) is 5.00. The third kappa shape index (κ3) is 3.05. The number of aromatic nitrogens is 4. The molecule has 0 aromatic carbocycles. The zero-order valence-corrected chi connectivity index (χ0v) is 16.9. The van der Waals surface area contributed by atoms with Gasteiger partial charge in [-0.1, -0.05) is 0 Å². The number of nitrogens with zero attached hydrogens (tertiary/aromatic N) is 6. The van der Waals surface area contributed by atoms with Crippen LogP contribution in [0, 0.1) is 6.92 Å². The SMILES string of the molecule is Cc1cn2nc(C3CCCCN3C(=O)c3nccs3)cc2nc1N1CCCC1. The first-order valence-corrected chi connectivity index (χ1v) is 10.9. The van der Waals surface area contributed by atoms with Crippen LogP contribution in [0.5, 0.6) is 0 Å². The Balaban J connectivity index is 1.49. The molecule has 5 heterocycles. The topological polar surface area (TPSA) is 66.6 Å². The van der Waals surface area contributed by atoms with Gasteiger partial charge in [0.1, 0.15) is 5.82 Å². The summed E-state index contributed by atoms with van der Waals surface area (Å²) in [6.07, 6.45) is 9.27. The Kier molecular flexibility index (Phi) is 4.50. The van der Waals surface area contributed by atoms with Gasteiger partial charge in [0.25, 0.3) is 5.91 Å². The molecule has 28 heavy (non-hydrogen) atoms. The van der Waals surface area contributed by atoms with Crippen LogP contribution in [0.25, 0.3) is 5.65 Å². The lowest BCUT2D eigenvalue weighted by molar-refractivity contribution is 0.0605. The van der Waals surface area contributed by atoms with E-state index in [4.69, 9.17) is 10.1 Å². The van der Waals surface area contributed by atoms with Gasteiger partial charge in [-0.05, 0) is 39.0 Å². The number of hydrogen-bond donors (Lipinski definition) is 0. The molecule has 0 N–H and O–H groups in total. The Morgan fingerprint density at radius 1 is 1.18 bits per heavy atom. The molecule has 3 aromatic rings. The van der Waals surface area contributed by atoms with E-state index in [1.54, 1.807) is 6.20 Å². The summed E-state index contributed by atoms with van der Waals surface area (Å²) in [7, 11) is 0. The number of carbonyl (C=O) groups excluding carboxylic acids is 1. The molecule has 0 radical (unpaired) electrons. The monoisotopic (exact) mass is 396 g/mol. The Bertz CT molecular complexity index is 992. The first-order chi connectivity index (χ1) is 13.7. The van der Waals surface area contributed by atoms with Crippen LogP contribution in [0.1, 0.15) is 59.2 Å². The Hall–Kier alpha value is -2.48. The number of carbonyl (C=O) groups is 1. The molecule has 0 spiro atoms. The van der Waals surface area contributed by atoms with Crippen molar-refractivity contribution in [1.29, 1.82) is 0 Å². The van der Waals surface area contributed by atoms with E-state index in [2.05, 4.69) is 29.1 Å². The van der Waals surface area contributed by atoms with Crippen LogP contribution < -0.4 is 4.90 Å². The van der Waals surface area contributed by atoms with E-state index in [0.717, 1.165) is 61.6 Å². The van der Waals surface area contributed by atoms with Crippen molar-refractivity contribution in [2.24, 2.45) is 0 Å². The third-order valence-corrected chi connectivity index (χ3v) is 6.51. The third-order valence-electron chi connectivity index (χ3n) is 5.75. The first-order valence-electron chi connectivity index (χ1n) is 10.0. The lowest BCUT2D eigenvalue weighted by Gasteiger charge is -2.34. The van der Waals surface area contributed by atoms with Crippen LogP contribution in [0.15, 0.2) is 23.8 Å². The molecule has 7 nitrogen and oxygen atoms in total. The zero-order chi connectivity index (χ0) is 19.1. The van der Waals surface area contributed by atoms with Crippen LogP contribution in [-0.2, 0) is 0 Å². The van der Waals surface area contributed by atoms with Gasteiger partial charge in [-0.3, -0.25) is 4.79 Å². The van der Waals surface area contributed by atoms with Gasteiger partial charge in [-0.25, -0.2) is 14.5 Å². The van der Waals surface area contributed by atoms with E-state index < -0.39 is 0 Å². The summed E-state index contributed by atoms with van der Waals surface area (Å²) < 4.78 is 1.87. The van der Waals surface area contributed by atoms with Crippen molar-refractivity contribution < 1.29 is 4.79 Å². The fourth-order valence-corrected chi connectivity index (χ4v) is 4.96. The van der Waals surface area contributed by atoms with Gasteiger partial charge in [0.2, 0.25) is 0 Å². The van der Waals surface area contributed by atoms with Gasteiger partial charge in [0.05, 0.1) is 11.7 Å². The summed E-state index contributed by atoms with van der Waals surface area (Å²) >= 11 is 1.40. The van der Waals surface area contributed by atoms with Gasteiger partial charge in [-0.2, -0.15) is 5.10 Å². The van der Waals surface area contributed by atoms with Crippen LogP contribution in [0.4, 0.5) is 5.82 Å². The van der Waals surface area contributed by atoms with E-state index in [1.807, 2.05) is 14.8 Å². The normalized spacial score (nSPS) is 20.2. The minimum atomic E-state index is -0.0117. The number of amides is 1. The number of hydrogen-bond acceptors (Lipinski definition) is 6. The fraction of sp³-hybridized carbons (Fsp3) is 0.500. The minimum absolute atomic E-state index is 0.0117. The number of rotatable bonds is 3. The van der Waals surface area contributed by atoms with Crippen molar-refractivity contribution in [3.63, 3.8) is 0 Å². The molecule has 0 saturated carbocycles. The highest BCUT2D eigenvalue weighted by atomic mass is 32.1. The van der Waals surface area contributed by atoms with Crippen LogP contribution in [0.3, 0.4) is 0 Å². The van der Waals surface area contributed by atoms with Crippen molar-refractivity contribution in [3.8, 4) is 0 Å². The summed E-state index contributed by atoms with van der Waals surface area (Å²) in [5.41, 5.74) is 2.92. The molecule has 2 aliphatic rings. The smallest absolute Gasteiger partial charge is 0.283 e. The van der Waals surface area contributed by atoms with Crippen LogP contribution in [0.2, 0.25) is 0 Å². The molecular formula is C20H24N6OS. The molecular weight excluding hydrogens is 372 g/mol. The molecule has 2 saturated heterocycles. The molecule has 8 heteroatoms. The van der Waals surface area contributed by atoms with E-state index in [-0.39, 0.29) is 11.9 Å². The molecule has 1 atom stereocenters. The maximum atomic E-state index is 13.0. The van der Waals surface area contributed by atoms with E-state index in [9.17, 15) is 4.79 Å². The summed E-state index contributed by atoms with van der Waals surface area (Å²) in [5, 5.41) is 7.21. The first kappa shape index (κ1) is 17.6. The molecule has 146 valence electrons. The van der Waals surface area contributed by atoms with Crippen LogP contribution >= 0.6 is 11.3 Å². The van der Waals surface area contributed by atoms with Crippen molar-refractivity contribution >= 4 is 28.7 Å². The van der Waals surface area contributed by atoms with E-state index >= 15 is 0 Å². The molecule has 0 bridgehead atoms. The van der Waals surface area contributed by atoms with Crippen LogP contribution in [-0.4, -0.2) is 50.0 Å². The Labute approximate surface area is 168 Å². The van der Waals surface area contributed by atoms with Gasteiger partial charge < -0.3 is 9.80 Å². The van der Waals surface area contributed by atoms with Crippen molar-refractivity contribution in [2.75, 3.05) is 24.5 Å². The highest BCUT2D eigenvalue weighted by Crippen LogP contribution is 2.33. The Morgan fingerprint density at radius 2 is 2.00 bits per heavy atom. The van der Waals surface area contributed by atoms with Crippen molar-refractivity contribution in [1.82, 2.24) is 24.5 Å². The average Bonchev–Trinajstić information content (AvgIpc) is 3.47. The molecule has 5 rings (SSSR count). The summed E-state index contributed by atoms with van der Waals surface area (Å²) in [5.74, 6) is 1.08. The lowest BCUT2D eigenvalue weighted by atomic mass is 9.99. The highest BCUT2D eigenvalue weighted by Gasteiger charge is 2.32. The Morgan fingerprint density at radius 3 is 2.79 bits per heavy atom. The maximum absolute atomic E-state index is 13.0. The van der Waals surface area contributed by atoms with Gasteiger partial charge in [-0.15, -0.1) is 11.3 Å². The molecule has 1 amide bonds. The van der Waals surface area contributed by atoms with Crippen molar-refractivity contribution in [2.45, 2.75) is 45.1 Å². The fourth-order valence-electron chi connectivity index (χ4n) is 4.37. The summed E-state index contributed by atoms with van der Waals surface area (Å²) in [6, 6.07) is 2.04. The molecule has 1 unspecified atom stereocenters. The van der Waals surface area contributed by atoms with Crippen molar-refractivity contribution in [3.05, 3.63) is 40.1 Å². The number of thiazole rings is 1. The quantitative estimate of drug-likeness (QED) is 0.678. The number of aryl methyl sites for hydroxylation is 1. The largest absolute Gasteiger partial charge is 0.356 e. The minimum Gasteiger partial charge on any atom is -0.356 e. The van der Waals surface area contributed by atoms with E-state index in [0.29, 0.717) is 5.01 Å². The number of anilines is 1. The standard InChI is InChI=1S/C20H24N6OS/c1-14-13-26-17(22-18(14)24-8-4-5-9-24)12-15(23-26)16-6-2-3-10-25(16)20(27)19-21-7-11-28-19/h7,11-13,16H,2-6,8-10H2,1H3. The number of fused-ring (bicyclic) bond motifs is 1. The van der Waals surface area contributed by atoms with E-state index in [1.165, 1.54) is 24.2 Å². The second-order valence-corrected chi connectivity index (χ2v) is 8.56. The predicted octanol–water partition coefficient (Wildman–Crippen LogP) is 3.46. The molecule has 2 fully saturated rings. The zero-order valence-electron chi connectivity index (χ0n) is 16.0. The lowest BCUT2D eigenvalue weighted by Crippen LogP contribution is -2.38. The number of likely N-dealkylation sites (tertiary alicyclic amines) is 1. The summed E-state index contributed by atoms with van der Waals surface area (Å²) in [4.78, 5) is 26.4. The predicted molar refractivity (Wildman–Crippen MR) is 109 cm³/mol. The van der Waals surface area contributed by atoms with Gasteiger partial charge >= 0.3 is 0 Å². The number of piperidine rings is 1. The maximum Gasteiger partial charge on any atom is 0.283 e. The molecule has 0 aliphatic carbocycles. The van der Waals surface area contributed by atoms with Gasteiger partial charge in [0, 0.05) is 49.0 Å².